The van der Waals surface area contributed by atoms with E-state index >= 15 is 0 Å². The number of ketones is 2. The zero-order chi connectivity index (χ0) is 37.8. The van der Waals surface area contributed by atoms with Crippen LogP contribution in [0.1, 0.15) is 94.4 Å². The molecule has 0 aromatic heterocycles. The van der Waals surface area contributed by atoms with Crippen LogP contribution in [0, 0.1) is 5.92 Å². The molecule has 2 N–H and O–H groups in total. The van der Waals surface area contributed by atoms with Gasteiger partial charge in [0.15, 0.2) is 5.78 Å². The molecule has 0 aromatic carbocycles. The molecule has 1 aliphatic rings. The number of carbonyl (C=O) groups excluding carboxylic acids is 8. The van der Waals surface area contributed by atoms with Crippen molar-refractivity contribution in [2.24, 2.45) is 5.92 Å². The van der Waals surface area contributed by atoms with Crippen LogP contribution in [0.2, 0.25) is 0 Å². The minimum atomic E-state index is -0.939. The summed E-state index contributed by atoms with van der Waals surface area (Å²) in [4.78, 5) is 95.9. The van der Waals surface area contributed by atoms with Gasteiger partial charge in [0.25, 0.3) is 0 Å². The first-order chi connectivity index (χ1) is 22.7. The second-order valence-corrected chi connectivity index (χ2v) is 13.2. The Kier molecular flexibility index (Phi) is 20.5. The van der Waals surface area contributed by atoms with Crippen molar-refractivity contribution in [1.82, 2.24) is 20.4 Å². The standard InChI is InChI=1S/C19H34N2O6.C14H22N2O6/c1-6-26-17(24)11-13-21(14-15(2)22)16(23)10-8-7-9-12-20-18(25)27-19(3,4)5;1-5-21-12(19)9-7-16(8-10(9)17)11(18)6-15-13(20)22-14(2,3)4/h6-14H2,1-5H3,(H,20,25);9H,5-8H2,1-4H3,(H,15,20). The fraction of sp³-hybridized carbons (Fsp3) is 0.758. The van der Waals surface area contributed by atoms with Gasteiger partial charge in [0.05, 0.1) is 32.7 Å². The Balaban J connectivity index is 0.000000958. The Morgan fingerprint density at radius 3 is 1.92 bits per heavy atom. The van der Waals surface area contributed by atoms with Gasteiger partial charge in [0, 0.05) is 26.1 Å². The first kappa shape index (κ1) is 44.8. The molecule has 0 bridgehead atoms. The van der Waals surface area contributed by atoms with Crippen LogP contribution < -0.4 is 10.6 Å². The Labute approximate surface area is 289 Å². The zero-order valence-corrected chi connectivity index (χ0v) is 30.6. The molecule has 0 spiro atoms. The van der Waals surface area contributed by atoms with Crippen molar-refractivity contribution in [2.45, 2.75) is 106 Å². The number of amides is 4. The number of Topliss-reactive ketones (excluding diaryl/α,β-unsaturated/α-hetero) is 2. The Morgan fingerprint density at radius 2 is 1.39 bits per heavy atom. The van der Waals surface area contributed by atoms with Crippen LogP contribution in [0.15, 0.2) is 0 Å². The molecule has 49 heavy (non-hydrogen) atoms. The molecule has 0 radical (unpaired) electrons. The summed E-state index contributed by atoms with van der Waals surface area (Å²) in [6.45, 7) is 15.9. The highest BCUT2D eigenvalue weighted by atomic mass is 16.6. The van der Waals surface area contributed by atoms with Crippen LogP contribution in [-0.4, -0.2) is 121 Å². The molecule has 1 rings (SSSR count). The van der Waals surface area contributed by atoms with E-state index < -0.39 is 41.2 Å². The molecule has 4 amide bonds. The van der Waals surface area contributed by atoms with Gasteiger partial charge in [-0.3, -0.25) is 28.8 Å². The summed E-state index contributed by atoms with van der Waals surface area (Å²) in [6.07, 6.45) is 1.33. The summed E-state index contributed by atoms with van der Waals surface area (Å²) in [5.74, 6) is -3.04. The minimum absolute atomic E-state index is 0.00155. The number of rotatable bonds is 16. The van der Waals surface area contributed by atoms with Gasteiger partial charge in [0.1, 0.15) is 29.4 Å². The first-order valence-electron chi connectivity index (χ1n) is 16.5. The number of esters is 2. The first-order valence-corrected chi connectivity index (χ1v) is 16.5. The van der Waals surface area contributed by atoms with E-state index in [-0.39, 0.29) is 75.8 Å². The third kappa shape index (κ3) is 22.1. The molecular weight excluding hydrogens is 644 g/mol. The molecule has 16 nitrogen and oxygen atoms in total. The highest BCUT2D eigenvalue weighted by Crippen LogP contribution is 2.15. The topological polar surface area (TPSA) is 204 Å². The number of unbranched alkanes of at least 4 members (excludes halogenated alkanes) is 2. The van der Waals surface area contributed by atoms with Gasteiger partial charge < -0.3 is 39.4 Å². The number of likely N-dealkylation sites (tertiary alicyclic amines) is 1. The number of hydrogen-bond acceptors (Lipinski definition) is 12. The van der Waals surface area contributed by atoms with Gasteiger partial charge in [-0.2, -0.15) is 0 Å². The lowest BCUT2D eigenvalue weighted by Gasteiger charge is -2.21. The van der Waals surface area contributed by atoms with Crippen LogP contribution in [-0.2, 0) is 47.7 Å². The van der Waals surface area contributed by atoms with Crippen molar-refractivity contribution in [1.29, 1.82) is 0 Å². The molecule has 1 heterocycles. The highest BCUT2D eigenvalue weighted by molar-refractivity contribution is 6.04. The second kappa shape index (κ2) is 22.4. The van der Waals surface area contributed by atoms with Gasteiger partial charge in [-0.05, 0) is 75.2 Å². The molecule has 1 unspecified atom stereocenters. The fourth-order valence-electron chi connectivity index (χ4n) is 4.16. The quantitative estimate of drug-likeness (QED) is 0.103. The maximum atomic E-state index is 12.3. The predicted molar refractivity (Wildman–Crippen MR) is 177 cm³/mol. The number of hydrogen-bond donors (Lipinski definition) is 2. The van der Waals surface area contributed by atoms with E-state index in [0.717, 1.165) is 12.8 Å². The lowest BCUT2D eigenvalue weighted by molar-refractivity contribution is -0.150. The molecule has 1 atom stereocenters. The Bertz CT molecular complexity index is 1140. The molecule has 0 aliphatic carbocycles. The van der Waals surface area contributed by atoms with Crippen LogP contribution in [0.5, 0.6) is 0 Å². The minimum Gasteiger partial charge on any atom is -0.466 e. The van der Waals surface area contributed by atoms with E-state index in [4.69, 9.17) is 18.9 Å². The maximum absolute atomic E-state index is 12.3. The molecule has 1 fully saturated rings. The summed E-state index contributed by atoms with van der Waals surface area (Å²) in [5, 5.41) is 4.99. The van der Waals surface area contributed by atoms with E-state index in [0.29, 0.717) is 19.4 Å². The summed E-state index contributed by atoms with van der Waals surface area (Å²) in [5.41, 5.74) is -1.19. The summed E-state index contributed by atoms with van der Waals surface area (Å²) in [6, 6.07) is 0. The predicted octanol–water partition coefficient (Wildman–Crippen LogP) is 2.54. The summed E-state index contributed by atoms with van der Waals surface area (Å²) in [7, 11) is 0. The largest absolute Gasteiger partial charge is 0.466 e. The fourth-order valence-corrected chi connectivity index (χ4v) is 4.16. The van der Waals surface area contributed by atoms with E-state index in [1.54, 1.807) is 55.4 Å². The van der Waals surface area contributed by atoms with Crippen LogP contribution in [0.25, 0.3) is 0 Å². The van der Waals surface area contributed by atoms with Crippen molar-refractivity contribution < 1.29 is 57.3 Å². The van der Waals surface area contributed by atoms with Gasteiger partial charge >= 0.3 is 24.1 Å². The van der Waals surface area contributed by atoms with Crippen LogP contribution >= 0.6 is 0 Å². The van der Waals surface area contributed by atoms with Gasteiger partial charge in [-0.1, -0.05) is 6.42 Å². The number of ether oxygens (including phenoxy) is 4. The molecule has 280 valence electrons. The monoisotopic (exact) mass is 700 g/mol. The van der Waals surface area contributed by atoms with Gasteiger partial charge in [-0.25, -0.2) is 9.59 Å². The van der Waals surface area contributed by atoms with E-state index in [1.807, 2.05) is 0 Å². The molecule has 0 saturated carbocycles. The van der Waals surface area contributed by atoms with Crippen LogP contribution in [0.3, 0.4) is 0 Å². The SMILES string of the molecule is CCOC(=O)C1CN(C(=O)CNC(=O)OC(C)(C)C)CC1=O.CCOC(=O)CCN(CC(C)=O)C(=O)CCCCCNC(=O)OC(C)(C)C. The molecule has 0 aromatic rings. The number of carbonyl (C=O) groups is 8. The molecule has 1 aliphatic heterocycles. The Morgan fingerprint density at radius 1 is 0.816 bits per heavy atom. The van der Waals surface area contributed by atoms with Crippen molar-refractivity contribution >= 4 is 47.5 Å². The average Bonchev–Trinajstić information content (AvgIpc) is 3.36. The zero-order valence-electron chi connectivity index (χ0n) is 30.6. The third-order valence-electron chi connectivity index (χ3n) is 6.24. The van der Waals surface area contributed by atoms with Crippen molar-refractivity contribution in [2.75, 3.05) is 52.5 Å². The third-order valence-corrected chi connectivity index (χ3v) is 6.24. The normalized spacial score (nSPS) is 14.1. The van der Waals surface area contributed by atoms with E-state index in [2.05, 4.69) is 10.6 Å². The molecule has 16 heteroatoms. The molecular formula is C33H56N4O12. The lowest BCUT2D eigenvalue weighted by atomic mass is 10.1. The lowest BCUT2D eigenvalue weighted by Crippen LogP contribution is -2.41. The Hall–Kier alpha value is -4.24. The number of nitrogens with one attached hydrogen (secondary N) is 2. The maximum Gasteiger partial charge on any atom is 0.408 e. The second-order valence-electron chi connectivity index (χ2n) is 13.2. The van der Waals surface area contributed by atoms with Gasteiger partial charge in [0.2, 0.25) is 11.8 Å². The molecule has 1 saturated heterocycles. The van der Waals surface area contributed by atoms with Crippen molar-refractivity contribution in [3.8, 4) is 0 Å². The smallest absolute Gasteiger partial charge is 0.408 e. The van der Waals surface area contributed by atoms with Crippen LogP contribution in [0.4, 0.5) is 9.59 Å². The van der Waals surface area contributed by atoms with E-state index in [1.165, 1.54) is 16.7 Å². The van der Waals surface area contributed by atoms with Crippen molar-refractivity contribution in [3.63, 3.8) is 0 Å². The number of nitrogens with zero attached hydrogens (tertiary/aromatic N) is 2. The van der Waals surface area contributed by atoms with Crippen molar-refractivity contribution in [3.05, 3.63) is 0 Å². The highest BCUT2D eigenvalue weighted by Gasteiger charge is 2.39. The van der Waals surface area contributed by atoms with Gasteiger partial charge in [-0.15, -0.1) is 0 Å². The summed E-state index contributed by atoms with van der Waals surface area (Å²) < 4.78 is 19.8. The average molecular weight is 701 g/mol. The van der Waals surface area contributed by atoms with E-state index in [9.17, 15) is 38.4 Å². The summed E-state index contributed by atoms with van der Waals surface area (Å²) >= 11 is 0. The number of alkyl carbamates (subject to hydrolysis) is 2.